The normalized spacial score (nSPS) is 11.0. The molecule has 510 valence electrons. The topological polar surface area (TPSA) is 181 Å². The van der Waals surface area contributed by atoms with Crippen molar-refractivity contribution in [3.63, 3.8) is 0 Å². The Kier molecular flexibility index (Phi) is 82.8. The summed E-state index contributed by atoms with van der Waals surface area (Å²) in [5.74, 6) is -0.456. The Bertz CT molecular complexity index is 1420. The molecule has 0 radical (unpaired) electrons. The fraction of sp³-hybridized carbons (Fsp3) is 0.889. The van der Waals surface area contributed by atoms with Gasteiger partial charge in [-0.15, -0.1) is 0 Å². The molecule has 0 heterocycles. The number of aliphatic hydroxyl groups is 1. The third-order valence-corrected chi connectivity index (χ3v) is 15.6. The van der Waals surface area contributed by atoms with Crippen molar-refractivity contribution in [3.05, 3.63) is 12.2 Å². The van der Waals surface area contributed by atoms with Gasteiger partial charge in [-0.1, -0.05) is 221 Å². The summed E-state index contributed by atoms with van der Waals surface area (Å²) in [6.07, 6.45) is 55.9. The van der Waals surface area contributed by atoms with Crippen LogP contribution in [0.2, 0.25) is 0 Å². The van der Waals surface area contributed by atoms with Crippen LogP contribution in [0.3, 0.4) is 0 Å². The summed E-state index contributed by atoms with van der Waals surface area (Å²) in [7, 11) is 4.44. The number of methoxy groups -OCH3 is 1. The van der Waals surface area contributed by atoms with E-state index in [1.165, 1.54) is 173 Å². The number of nitrogens with zero attached hydrogens (tertiary/aromatic N) is 2. The Morgan fingerprint density at radius 1 is 0.430 bits per heavy atom. The van der Waals surface area contributed by atoms with Gasteiger partial charge in [-0.3, -0.25) is 24.0 Å². The summed E-state index contributed by atoms with van der Waals surface area (Å²) in [5.41, 5.74) is 0. The summed E-state index contributed by atoms with van der Waals surface area (Å²) in [6, 6.07) is 0. The summed E-state index contributed by atoms with van der Waals surface area (Å²) in [4.78, 5) is 73.7. The molecule has 3 N–H and O–H groups in total. The molecule has 0 spiro atoms. The van der Waals surface area contributed by atoms with E-state index in [1.54, 1.807) is 0 Å². The van der Waals surface area contributed by atoms with E-state index in [0.717, 1.165) is 175 Å². The maximum absolute atomic E-state index is 12.8. The van der Waals surface area contributed by atoms with Gasteiger partial charge in [0.25, 0.3) is 0 Å². The van der Waals surface area contributed by atoms with E-state index in [4.69, 9.17) is 14.6 Å². The van der Waals surface area contributed by atoms with Gasteiger partial charge in [-0.25, -0.2) is 0 Å². The van der Waals surface area contributed by atoms with Crippen LogP contribution in [0.1, 0.15) is 330 Å². The number of hydrogen-bond acceptors (Lipinski definition) is 13. The number of allylic oxidation sites excluding steroid dienone is 1. The van der Waals surface area contributed by atoms with Crippen LogP contribution in [-0.4, -0.2) is 138 Å². The Balaban J connectivity index is -0.000000920. The van der Waals surface area contributed by atoms with E-state index in [2.05, 4.69) is 59.8 Å². The van der Waals surface area contributed by atoms with E-state index in [-0.39, 0.29) is 29.9 Å². The zero-order valence-electron chi connectivity index (χ0n) is 57.8. The SMILES string of the molecule is CCCCC.CCCCCCCCCCCOC(=O)CCCCCN(CCCCCCCC(=O)OC(CCCCCCCC)CCCCCCCC)CCNC(=O)/C=C/C=O.CNCCN(CCCCCC=O)CCCCCCCC(=O)OC.CO. The van der Waals surface area contributed by atoms with E-state index < -0.39 is 0 Å². The van der Waals surface area contributed by atoms with Crippen LogP contribution in [-0.2, 0) is 43.0 Å². The first-order valence-electron chi connectivity index (χ1n) is 35.9. The van der Waals surface area contributed by atoms with E-state index >= 15 is 0 Å². The highest BCUT2D eigenvalue weighted by molar-refractivity contribution is 5.90. The standard InChI is InChI=1S/C48H90N2O6.C18H36N2O3.C5H12.CH4O/c1-4-7-10-13-16-17-18-24-32-44-55-47(53)37-29-25-31-41-50(42-39-49-46(52)36-33-43-51)40-30-23-19-22-28-38-48(54)56-45(34-26-20-14-11-8-5-2)35-27-21-15-12-9-6-3;1-19-13-16-20(15-10-6-7-11-17-21)14-9-5-3-4-8-12-18(22)23-2;1-3-5-4-2;1-2/h33,36,43,45H,4-32,34-35,37-42,44H2,1-3H3,(H,49,52);17,19H,3-16H2,1-2H3;3-5H2,1-2H3;2H,1H3/b36-33+;;;. The highest BCUT2D eigenvalue weighted by atomic mass is 16.5. The van der Waals surface area contributed by atoms with Crippen molar-refractivity contribution in [1.29, 1.82) is 0 Å². The maximum atomic E-state index is 12.8. The number of likely N-dealkylation sites (N-methyl/N-ethyl adjacent to an activating group) is 1. The number of aldehydes is 2. The van der Waals surface area contributed by atoms with E-state index in [9.17, 15) is 28.8 Å². The van der Waals surface area contributed by atoms with Crippen LogP contribution in [0.15, 0.2) is 12.2 Å². The van der Waals surface area contributed by atoms with Gasteiger partial charge in [-0.05, 0) is 123 Å². The van der Waals surface area contributed by atoms with E-state index in [1.807, 2.05) is 7.05 Å². The van der Waals surface area contributed by atoms with Gasteiger partial charge in [0.2, 0.25) is 5.91 Å². The molecule has 0 bridgehead atoms. The monoisotopic (exact) mass is 1220 g/mol. The molecule has 0 saturated carbocycles. The lowest BCUT2D eigenvalue weighted by molar-refractivity contribution is -0.150. The molecule has 0 aromatic carbocycles. The number of aliphatic hydroxyl groups excluding tert-OH is 1. The molecule has 14 nitrogen and oxygen atoms in total. The molecule has 0 fully saturated rings. The van der Waals surface area contributed by atoms with Crippen LogP contribution in [0.4, 0.5) is 0 Å². The van der Waals surface area contributed by atoms with Crippen molar-refractivity contribution in [2.24, 2.45) is 0 Å². The highest BCUT2D eigenvalue weighted by Crippen LogP contribution is 2.19. The van der Waals surface area contributed by atoms with Gasteiger partial charge in [0.05, 0.1) is 13.7 Å². The summed E-state index contributed by atoms with van der Waals surface area (Å²) in [6.45, 7) is 19.2. The van der Waals surface area contributed by atoms with Crippen LogP contribution < -0.4 is 10.6 Å². The summed E-state index contributed by atoms with van der Waals surface area (Å²) < 4.78 is 16.1. The van der Waals surface area contributed by atoms with Crippen LogP contribution >= 0.6 is 0 Å². The number of amides is 1. The minimum atomic E-state index is -0.257. The average molecular weight is 1220 g/mol. The first kappa shape index (κ1) is 89.2. The minimum Gasteiger partial charge on any atom is -0.469 e. The van der Waals surface area contributed by atoms with Gasteiger partial charge < -0.3 is 44.5 Å². The lowest BCUT2D eigenvalue weighted by Crippen LogP contribution is -2.35. The predicted molar refractivity (Wildman–Crippen MR) is 363 cm³/mol. The minimum absolute atomic E-state index is 0.0183. The molecular weight excluding hydrogens is 1080 g/mol. The fourth-order valence-corrected chi connectivity index (χ4v) is 10.2. The molecule has 0 rings (SSSR count). The molecule has 0 unspecified atom stereocenters. The molecule has 0 saturated heterocycles. The van der Waals surface area contributed by atoms with Crippen molar-refractivity contribution in [2.75, 3.05) is 80.2 Å². The third kappa shape index (κ3) is 76.9. The van der Waals surface area contributed by atoms with Crippen LogP contribution in [0, 0.1) is 0 Å². The fourth-order valence-electron chi connectivity index (χ4n) is 10.2. The molecule has 0 aliphatic carbocycles. The highest BCUT2D eigenvalue weighted by Gasteiger charge is 2.15. The number of esters is 3. The smallest absolute Gasteiger partial charge is 0.306 e. The Hall–Kier alpha value is -3.20. The van der Waals surface area contributed by atoms with Crippen molar-refractivity contribution in [2.45, 2.75) is 336 Å². The quantitative estimate of drug-likeness (QED) is 0.0172. The Morgan fingerprint density at radius 2 is 0.802 bits per heavy atom. The molecule has 86 heavy (non-hydrogen) atoms. The second-order valence-corrected chi connectivity index (χ2v) is 23.6. The molecule has 0 aliphatic rings. The number of carbonyl (C=O) groups excluding carboxylic acids is 6. The second kappa shape index (κ2) is 79.8. The number of hydrogen-bond donors (Lipinski definition) is 3. The zero-order valence-corrected chi connectivity index (χ0v) is 57.8. The zero-order chi connectivity index (χ0) is 64.3. The summed E-state index contributed by atoms with van der Waals surface area (Å²) in [5, 5.41) is 13.1. The number of unbranched alkanes of at least 4 members (excludes halogenated alkanes) is 33. The predicted octanol–water partition coefficient (Wildman–Crippen LogP) is 17.1. The van der Waals surface area contributed by atoms with Crippen LogP contribution in [0.25, 0.3) is 0 Å². The molecular formula is C72H142N4O10. The van der Waals surface area contributed by atoms with Crippen molar-refractivity contribution < 1.29 is 48.1 Å². The van der Waals surface area contributed by atoms with Gasteiger partial charge >= 0.3 is 17.9 Å². The van der Waals surface area contributed by atoms with E-state index in [0.29, 0.717) is 45.1 Å². The largest absolute Gasteiger partial charge is 0.469 e. The molecule has 0 aromatic rings. The third-order valence-electron chi connectivity index (χ3n) is 15.6. The summed E-state index contributed by atoms with van der Waals surface area (Å²) >= 11 is 0. The lowest BCUT2D eigenvalue weighted by atomic mass is 10.0. The number of rotatable bonds is 63. The molecule has 14 heteroatoms. The number of nitrogens with one attached hydrogen (secondary N) is 2. The Morgan fingerprint density at radius 3 is 1.22 bits per heavy atom. The van der Waals surface area contributed by atoms with Crippen molar-refractivity contribution in [3.8, 4) is 0 Å². The van der Waals surface area contributed by atoms with Crippen molar-refractivity contribution in [1.82, 2.24) is 20.4 Å². The van der Waals surface area contributed by atoms with Crippen LogP contribution in [0.5, 0.6) is 0 Å². The molecule has 0 atom stereocenters. The van der Waals surface area contributed by atoms with Crippen molar-refractivity contribution >= 4 is 36.4 Å². The molecule has 1 amide bonds. The number of carbonyl (C=O) groups is 6. The first-order valence-corrected chi connectivity index (χ1v) is 35.9. The average Bonchev–Trinajstić information content (AvgIpc) is 3.55. The number of ether oxygens (including phenoxy) is 3. The Labute approximate surface area is 531 Å². The second-order valence-electron chi connectivity index (χ2n) is 23.6. The maximum Gasteiger partial charge on any atom is 0.306 e. The molecule has 0 aromatic heterocycles. The van der Waals surface area contributed by atoms with Gasteiger partial charge in [0.15, 0.2) is 0 Å². The van der Waals surface area contributed by atoms with Gasteiger partial charge in [0, 0.05) is 65.0 Å². The molecule has 0 aliphatic heterocycles. The first-order chi connectivity index (χ1) is 42.1. The van der Waals surface area contributed by atoms with Gasteiger partial charge in [-0.2, -0.15) is 0 Å². The lowest BCUT2D eigenvalue weighted by Gasteiger charge is -2.22. The van der Waals surface area contributed by atoms with Gasteiger partial charge in [0.1, 0.15) is 18.7 Å².